The summed E-state index contributed by atoms with van der Waals surface area (Å²) >= 11 is 12.6. The molecule has 40 heavy (non-hydrogen) atoms. The third-order valence-electron chi connectivity index (χ3n) is 7.24. The molecule has 0 spiro atoms. The molecule has 0 unspecified atom stereocenters. The molecule has 8 nitrogen and oxygen atoms in total. The lowest BCUT2D eigenvalue weighted by Gasteiger charge is -2.28. The van der Waals surface area contributed by atoms with Crippen LogP contribution in [0.25, 0.3) is 5.69 Å². The lowest BCUT2D eigenvalue weighted by molar-refractivity contribution is 0.146. The zero-order valence-electron chi connectivity index (χ0n) is 22.4. The molecule has 0 aliphatic carbocycles. The van der Waals surface area contributed by atoms with E-state index >= 15 is 0 Å². The van der Waals surface area contributed by atoms with E-state index in [2.05, 4.69) is 39.7 Å². The van der Waals surface area contributed by atoms with Crippen LogP contribution in [0.15, 0.2) is 66.9 Å². The van der Waals surface area contributed by atoms with Gasteiger partial charge >= 0.3 is 0 Å². The second kappa shape index (κ2) is 11.0. The van der Waals surface area contributed by atoms with Gasteiger partial charge in [0.05, 0.1) is 29.4 Å². The number of aryl methyl sites for hydroxylation is 1. The fourth-order valence-corrected chi connectivity index (χ4v) is 6.02. The second-order valence-corrected chi connectivity index (χ2v) is 10.4. The van der Waals surface area contributed by atoms with Crippen molar-refractivity contribution in [3.63, 3.8) is 0 Å². The predicted molar refractivity (Wildman–Crippen MR) is 158 cm³/mol. The van der Waals surface area contributed by atoms with Gasteiger partial charge in [0, 0.05) is 42.1 Å². The molecule has 4 heterocycles. The largest absolute Gasteiger partial charge is 0.490 e. The van der Waals surface area contributed by atoms with Gasteiger partial charge in [-0.3, -0.25) is 4.98 Å². The minimum absolute atomic E-state index is 0.184. The molecule has 0 radical (unpaired) electrons. The van der Waals surface area contributed by atoms with Crippen LogP contribution in [0.5, 0.6) is 17.2 Å². The summed E-state index contributed by atoms with van der Waals surface area (Å²) in [6, 6.07) is 19.5. The van der Waals surface area contributed by atoms with Crippen molar-refractivity contribution in [2.45, 2.75) is 25.9 Å². The number of thiocarbonyl (C=S) groups is 1. The van der Waals surface area contributed by atoms with Gasteiger partial charge in [0.2, 0.25) is 6.79 Å². The van der Waals surface area contributed by atoms with Crippen molar-refractivity contribution in [3.8, 4) is 22.9 Å². The Morgan fingerprint density at radius 1 is 1.02 bits per heavy atom. The number of methoxy groups -OCH3 is 1. The molecule has 1 fully saturated rings. The van der Waals surface area contributed by atoms with Crippen LogP contribution in [-0.2, 0) is 4.74 Å². The molecular formula is C30H29ClN4O4S. The molecule has 2 aromatic carbocycles. The molecule has 2 aliphatic rings. The van der Waals surface area contributed by atoms with E-state index in [1.54, 1.807) is 13.3 Å². The van der Waals surface area contributed by atoms with Crippen molar-refractivity contribution in [1.29, 1.82) is 0 Å². The smallest absolute Gasteiger partial charge is 0.231 e. The summed E-state index contributed by atoms with van der Waals surface area (Å²) in [6.45, 7) is 5.35. The normalized spacial score (nSPS) is 17.8. The van der Waals surface area contributed by atoms with E-state index in [9.17, 15) is 0 Å². The van der Waals surface area contributed by atoms with E-state index in [4.69, 9.17) is 42.8 Å². The van der Waals surface area contributed by atoms with Crippen molar-refractivity contribution in [1.82, 2.24) is 14.9 Å². The molecule has 0 bridgehead atoms. The van der Waals surface area contributed by atoms with Crippen LogP contribution in [0.3, 0.4) is 0 Å². The Hall–Kier alpha value is -3.79. The Bertz CT molecular complexity index is 1560. The Morgan fingerprint density at radius 2 is 1.85 bits per heavy atom. The van der Waals surface area contributed by atoms with Gasteiger partial charge in [-0.25, -0.2) is 0 Å². The number of ether oxygens (including phenoxy) is 4. The molecular weight excluding hydrogens is 548 g/mol. The second-order valence-electron chi connectivity index (χ2n) is 9.65. The van der Waals surface area contributed by atoms with Crippen LogP contribution in [0.1, 0.15) is 34.7 Å². The van der Waals surface area contributed by atoms with Gasteiger partial charge in [-0.05, 0) is 80.2 Å². The van der Waals surface area contributed by atoms with Crippen LogP contribution < -0.4 is 24.4 Å². The first-order valence-corrected chi connectivity index (χ1v) is 13.8. The minimum Gasteiger partial charge on any atom is -0.490 e. The van der Waals surface area contributed by atoms with Crippen LogP contribution in [0, 0.1) is 13.8 Å². The topological polar surface area (TPSA) is 70.0 Å². The predicted octanol–water partition coefficient (Wildman–Crippen LogP) is 6.07. The van der Waals surface area contributed by atoms with Crippen LogP contribution >= 0.6 is 23.8 Å². The van der Waals surface area contributed by atoms with E-state index in [1.165, 1.54) is 0 Å². The van der Waals surface area contributed by atoms with E-state index in [-0.39, 0.29) is 18.9 Å². The Labute approximate surface area is 243 Å². The van der Waals surface area contributed by atoms with Crippen molar-refractivity contribution in [2.24, 2.45) is 0 Å². The molecule has 10 heteroatoms. The summed E-state index contributed by atoms with van der Waals surface area (Å²) < 4.78 is 24.3. The van der Waals surface area contributed by atoms with Gasteiger partial charge in [-0.15, -0.1) is 0 Å². The fourth-order valence-electron chi connectivity index (χ4n) is 5.45. The van der Waals surface area contributed by atoms with E-state index in [0.29, 0.717) is 29.1 Å². The van der Waals surface area contributed by atoms with Crippen molar-refractivity contribution in [2.75, 3.05) is 32.0 Å². The molecule has 1 saturated heterocycles. The summed E-state index contributed by atoms with van der Waals surface area (Å²) in [5.74, 6) is 2.09. The molecule has 1 N–H and O–H groups in total. The van der Waals surface area contributed by atoms with E-state index in [1.807, 2.05) is 54.6 Å². The van der Waals surface area contributed by atoms with Gasteiger partial charge in [-0.2, -0.15) is 0 Å². The first-order valence-electron chi connectivity index (χ1n) is 13.0. The molecule has 206 valence electrons. The number of hydrogen-bond acceptors (Lipinski definition) is 6. The van der Waals surface area contributed by atoms with Crippen LogP contribution in [0.4, 0.5) is 5.69 Å². The van der Waals surface area contributed by atoms with Gasteiger partial charge in [0.25, 0.3) is 0 Å². The number of rotatable bonds is 8. The third-order valence-corrected chi connectivity index (χ3v) is 7.85. The molecule has 4 aromatic rings. The van der Waals surface area contributed by atoms with Crippen LogP contribution in [0.2, 0.25) is 5.02 Å². The number of halogens is 1. The zero-order chi connectivity index (χ0) is 27.8. The van der Waals surface area contributed by atoms with Crippen molar-refractivity contribution in [3.05, 3.63) is 94.5 Å². The van der Waals surface area contributed by atoms with E-state index < -0.39 is 0 Å². The summed E-state index contributed by atoms with van der Waals surface area (Å²) in [7, 11) is 1.64. The first-order chi connectivity index (χ1) is 19.5. The number of aromatic nitrogens is 2. The standard InChI is InChI=1S/C30H29ClN4O4S/c1-18-14-22(19(2)34(18)21-8-10-26-27(16-21)39-17-38-26)29-28(24-6-4-5-11-32-24)33-30(40)35(29)20-7-9-25(23(31)15-20)37-13-12-36-3/h4-11,14-16,28-29H,12-13,17H2,1-3H3,(H,33,40)/t28-,29+/m0/s1. The van der Waals surface area contributed by atoms with Gasteiger partial charge in [0.15, 0.2) is 16.6 Å². The summed E-state index contributed by atoms with van der Waals surface area (Å²) in [6.07, 6.45) is 1.80. The van der Waals surface area contributed by atoms with Crippen molar-refractivity contribution < 1.29 is 18.9 Å². The first kappa shape index (κ1) is 26.4. The molecule has 2 aromatic heterocycles. The number of anilines is 1. The van der Waals surface area contributed by atoms with Crippen molar-refractivity contribution >= 4 is 34.6 Å². The number of pyridine rings is 1. The maximum atomic E-state index is 6.67. The monoisotopic (exact) mass is 576 g/mol. The molecule has 6 rings (SSSR count). The lowest BCUT2D eigenvalue weighted by Crippen LogP contribution is -2.29. The Balaban J connectivity index is 1.43. The molecule has 0 amide bonds. The SMILES string of the molecule is COCCOc1ccc(N2C(=S)N[C@@H](c3ccccn3)[C@H]2c2cc(C)n(-c3ccc4c(c3)OCO4)c2C)cc1Cl. The lowest BCUT2D eigenvalue weighted by atomic mass is 9.96. The maximum absolute atomic E-state index is 6.67. The maximum Gasteiger partial charge on any atom is 0.231 e. The van der Waals surface area contributed by atoms with Gasteiger partial charge in [-0.1, -0.05) is 17.7 Å². The average molecular weight is 577 g/mol. The number of fused-ring (bicyclic) bond motifs is 1. The highest BCUT2D eigenvalue weighted by molar-refractivity contribution is 7.80. The number of nitrogens with one attached hydrogen (secondary N) is 1. The van der Waals surface area contributed by atoms with E-state index in [0.717, 1.165) is 45.5 Å². The van der Waals surface area contributed by atoms with Gasteiger partial charge in [0.1, 0.15) is 12.4 Å². The molecule has 2 atom stereocenters. The number of benzene rings is 2. The Morgan fingerprint density at radius 3 is 2.62 bits per heavy atom. The van der Waals surface area contributed by atoms with Gasteiger partial charge < -0.3 is 33.7 Å². The quantitative estimate of drug-likeness (QED) is 0.200. The average Bonchev–Trinajstić information content (AvgIpc) is 3.64. The summed E-state index contributed by atoms with van der Waals surface area (Å²) in [5, 5.41) is 4.63. The minimum atomic E-state index is -0.187. The highest BCUT2D eigenvalue weighted by Crippen LogP contribution is 2.45. The number of nitrogens with zero attached hydrogens (tertiary/aromatic N) is 3. The number of hydrogen-bond donors (Lipinski definition) is 1. The summed E-state index contributed by atoms with van der Waals surface area (Å²) in [5.41, 5.74) is 6.05. The highest BCUT2D eigenvalue weighted by Gasteiger charge is 2.42. The Kier molecular flexibility index (Phi) is 7.27. The molecule has 0 saturated carbocycles. The zero-order valence-corrected chi connectivity index (χ0v) is 24.0. The fraction of sp³-hybridized carbons (Fsp3) is 0.267. The van der Waals surface area contributed by atoms with Crippen LogP contribution in [-0.4, -0.2) is 41.8 Å². The third kappa shape index (κ3) is 4.74. The molecule has 2 aliphatic heterocycles. The summed E-state index contributed by atoms with van der Waals surface area (Å²) in [4.78, 5) is 6.80. The highest BCUT2D eigenvalue weighted by atomic mass is 35.5.